The number of nitrogens with zero attached hydrogens (tertiary/aromatic N) is 1. The highest BCUT2D eigenvalue weighted by Crippen LogP contribution is 2.12. The molecule has 1 amide bonds. The van der Waals surface area contributed by atoms with Gasteiger partial charge in [-0.05, 0) is 6.42 Å². The molecule has 2 unspecified atom stereocenters. The molecule has 1 aliphatic rings. The molecule has 1 aliphatic heterocycles. The number of rotatable bonds is 4. The first-order valence-electron chi connectivity index (χ1n) is 5.93. The van der Waals surface area contributed by atoms with Gasteiger partial charge in [0, 0.05) is 25.5 Å². The number of H-pyrrole nitrogens is 1. The van der Waals surface area contributed by atoms with Crippen molar-refractivity contribution in [2.75, 3.05) is 19.7 Å². The minimum absolute atomic E-state index is 0.0805. The van der Waals surface area contributed by atoms with E-state index in [1.807, 2.05) is 6.92 Å². The lowest BCUT2D eigenvalue weighted by molar-refractivity contribution is -0.135. The van der Waals surface area contributed by atoms with E-state index in [9.17, 15) is 4.79 Å². The lowest BCUT2D eigenvalue weighted by Crippen LogP contribution is -2.48. The average Bonchev–Trinajstić information content (AvgIpc) is 2.90. The van der Waals surface area contributed by atoms with Gasteiger partial charge in [-0.2, -0.15) is 0 Å². The first-order chi connectivity index (χ1) is 8.31. The van der Waals surface area contributed by atoms with Gasteiger partial charge in [-0.25, -0.2) is 4.98 Å². The van der Waals surface area contributed by atoms with Gasteiger partial charge in [0.1, 0.15) is 11.9 Å². The number of nitrogens with one attached hydrogen (secondary N) is 3. The summed E-state index contributed by atoms with van der Waals surface area (Å²) in [5, 5.41) is 6.07. The van der Waals surface area contributed by atoms with Gasteiger partial charge in [-0.3, -0.25) is 4.79 Å². The van der Waals surface area contributed by atoms with Gasteiger partial charge >= 0.3 is 0 Å². The highest BCUT2D eigenvalue weighted by atomic mass is 16.5. The smallest absolute Gasteiger partial charge is 0.251 e. The van der Waals surface area contributed by atoms with E-state index in [0.717, 1.165) is 18.8 Å². The van der Waals surface area contributed by atoms with Gasteiger partial charge in [0.05, 0.1) is 12.6 Å². The zero-order chi connectivity index (χ0) is 12.1. The van der Waals surface area contributed by atoms with Crippen LogP contribution in [0.15, 0.2) is 12.4 Å². The van der Waals surface area contributed by atoms with Crippen molar-refractivity contribution in [3.63, 3.8) is 0 Å². The van der Waals surface area contributed by atoms with Gasteiger partial charge in [-0.15, -0.1) is 0 Å². The molecule has 1 saturated heterocycles. The number of hydrogen-bond donors (Lipinski definition) is 3. The predicted molar refractivity (Wildman–Crippen MR) is 62.4 cm³/mol. The third-order valence-corrected chi connectivity index (χ3v) is 2.79. The molecule has 1 fully saturated rings. The molecule has 1 aromatic heterocycles. The van der Waals surface area contributed by atoms with Crippen molar-refractivity contribution in [1.82, 2.24) is 20.6 Å². The third-order valence-electron chi connectivity index (χ3n) is 2.79. The van der Waals surface area contributed by atoms with Crippen molar-refractivity contribution >= 4 is 5.91 Å². The van der Waals surface area contributed by atoms with E-state index < -0.39 is 6.10 Å². The molecule has 0 aromatic carbocycles. The number of aromatic nitrogens is 2. The first-order valence-corrected chi connectivity index (χ1v) is 5.93. The van der Waals surface area contributed by atoms with Crippen molar-refractivity contribution in [1.29, 1.82) is 0 Å². The Balaban J connectivity index is 1.92. The second kappa shape index (κ2) is 5.79. The van der Waals surface area contributed by atoms with Crippen LogP contribution in [0.25, 0.3) is 0 Å². The van der Waals surface area contributed by atoms with Crippen LogP contribution in [-0.4, -0.2) is 41.7 Å². The molecule has 94 valence electrons. The normalized spacial score (nSPS) is 22.1. The summed E-state index contributed by atoms with van der Waals surface area (Å²) in [4.78, 5) is 19.1. The molecule has 1 aromatic rings. The van der Waals surface area contributed by atoms with Gasteiger partial charge < -0.3 is 20.4 Å². The molecular weight excluding hydrogens is 220 g/mol. The SMILES string of the molecule is CCC(NC(=O)C1CNCCO1)c1ncc[nH]1. The van der Waals surface area contributed by atoms with Crippen molar-refractivity contribution in [2.45, 2.75) is 25.5 Å². The van der Waals surface area contributed by atoms with Crippen LogP contribution in [0.1, 0.15) is 25.2 Å². The summed E-state index contributed by atoms with van der Waals surface area (Å²) >= 11 is 0. The fraction of sp³-hybridized carbons (Fsp3) is 0.636. The maximum Gasteiger partial charge on any atom is 0.251 e. The van der Waals surface area contributed by atoms with E-state index in [2.05, 4.69) is 20.6 Å². The Bertz CT molecular complexity index is 346. The van der Waals surface area contributed by atoms with Gasteiger partial charge in [0.15, 0.2) is 0 Å². The molecule has 0 bridgehead atoms. The fourth-order valence-corrected chi connectivity index (χ4v) is 1.83. The van der Waals surface area contributed by atoms with E-state index in [0.29, 0.717) is 13.2 Å². The summed E-state index contributed by atoms with van der Waals surface area (Å²) in [5.41, 5.74) is 0. The maximum atomic E-state index is 11.9. The van der Waals surface area contributed by atoms with Crippen LogP contribution in [0.4, 0.5) is 0 Å². The quantitative estimate of drug-likeness (QED) is 0.688. The van der Waals surface area contributed by atoms with Crippen LogP contribution >= 0.6 is 0 Å². The number of imidazole rings is 1. The van der Waals surface area contributed by atoms with E-state index >= 15 is 0 Å². The molecular formula is C11H18N4O2. The highest BCUT2D eigenvalue weighted by Gasteiger charge is 2.24. The molecule has 2 atom stereocenters. The third kappa shape index (κ3) is 3.04. The molecule has 17 heavy (non-hydrogen) atoms. The number of amides is 1. The van der Waals surface area contributed by atoms with Crippen LogP contribution in [0.5, 0.6) is 0 Å². The number of carbonyl (C=O) groups excluding carboxylic acids is 1. The minimum Gasteiger partial charge on any atom is -0.366 e. The molecule has 0 spiro atoms. The first kappa shape index (κ1) is 12.1. The van der Waals surface area contributed by atoms with Crippen LogP contribution in [-0.2, 0) is 9.53 Å². The fourth-order valence-electron chi connectivity index (χ4n) is 1.83. The summed E-state index contributed by atoms with van der Waals surface area (Å²) in [7, 11) is 0. The predicted octanol–water partition coefficient (Wildman–Crippen LogP) is -0.0346. The van der Waals surface area contributed by atoms with E-state index in [1.165, 1.54) is 0 Å². The van der Waals surface area contributed by atoms with Crippen LogP contribution in [0, 0.1) is 0 Å². The Morgan fingerprint density at radius 3 is 3.24 bits per heavy atom. The number of ether oxygens (including phenoxy) is 1. The molecule has 0 saturated carbocycles. The monoisotopic (exact) mass is 238 g/mol. The Hall–Kier alpha value is -1.40. The number of carbonyl (C=O) groups is 1. The van der Waals surface area contributed by atoms with E-state index in [4.69, 9.17) is 4.74 Å². The van der Waals surface area contributed by atoms with Gasteiger partial charge in [0.2, 0.25) is 0 Å². The minimum atomic E-state index is -0.396. The highest BCUT2D eigenvalue weighted by molar-refractivity contribution is 5.81. The summed E-state index contributed by atoms with van der Waals surface area (Å²) in [6.07, 6.45) is 3.83. The van der Waals surface area contributed by atoms with Crippen molar-refractivity contribution in [2.24, 2.45) is 0 Å². The zero-order valence-corrected chi connectivity index (χ0v) is 9.90. The molecule has 3 N–H and O–H groups in total. The molecule has 0 aliphatic carbocycles. The van der Waals surface area contributed by atoms with Crippen molar-refractivity contribution in [3.8, 4) is 0 Å². The second-order valence-corrected chi connectivity index (χ2v) is 4.01. The molecule has 0 radical (unpaired) electrons. The van der Waals surface area contributed by atoms with Gasteiger partial charge in [-0.1, -0.05) is 6.92 Å². The largest absolute Gasteiger partial charge is 0.366 e. The zero-order valence-electron chi connectivity index (χ0n) is 9.90. The maximum absolute atomic E-state index is 11.9. The van der Waals surface area contributed by atoms with E-state index in [-0.39, 0.29) is 11.9 Å². The second-order valence-electron chi connectivity index (χ2n) is 4.01. The van der Waals surface area contributed by atoms with E-state index in [1.54, 1.807) is 12.4 Å². The van der Waals surface area contributed by atoms with Crippen LogP contribution in [0.2, 0.25) is 0 Å². The number of aromatic amines is 1. The van der Waals surface area contributed by atoms with Crippen molar-refractivity contribution in [3.05, 3.63) is 18.2 Å². The molecule has 2 rings (SSSR count). The summed E-state index contributed by atoms with van der Waals surface area (Å²) in [5.74, 6) is 0.699. The lowest BCUT2D eigenvalue weighted by atomic mass is 10.2. The number of morpholine rings is 1. The van der Waals surface area contributed by atoms with Crippen LogP contribution in [0.3, 0.4) is 0 Å². The topological polar surface area (TPSA) is 79.0 Å². The molecule has 6 heteroatoms. The Morgan fingerprint density at radius 1 is 1.76 bits per heavy atom. The average molecular weight is 238 g/mol. The molecule has 2 heterocycles. The number of hydrogen-bond acceptors (Lipinski definition) is 4. The Morgan fingerprint density at radius 2 is 2.65 bits per heavy atom. The standard InChI is InChI=1S/C11H18N4O2/c1-2-8(10-13-3-4-14-10)15-11(16)9-7-12-5-6-17-9/h3-4,8-9,12H,2,5-7H2,1H3,(H,13,14)(H,15,16). The van der Waals surface area contributed by atoms with Gasteiger partial charge in [0.25, 0.3) is 5.91 Å². The summed E-state index contributed by atoms with van der Waals surface area (Å²) in [6, 6.07) is -0.0805. The summed E-state index contributed by atoms with van der Waals surface area (Å²) in [6.45, 7) is 3.96. The Labute approximate surface area is 100 Å². The molecule has 6 nitrogen and oxygen atoms in total. The summed E-state index contributed by atoms with van der Waals surface area (Å²) < 4.78 is 5.40. The van der Waals surface area contributed by atoms with Crippen LogP contribution < -0.4 is 10.6 Å². The Kier molecular flexibility index (Phi) is 4.11. The van der Waals surface area contributed by atoms with Crippen molar-refractivity contribution < 1.29 is 9.53 Å². The lowest BCUT2D eigenvalue weighted by Gasteiger charge is -2.24.